The smallest absolute Gasteiger partial charge is 0.427 e. The number of Topliss-reactive ketones (excluding diaryl/α,β-unsaturated/α-hetero) is 1. The van der Waals surface area contributed by atoms with Gasteiger partial charge in [0.1, 0.15) is 0 Å². The van der Waals surface area contributed by atoms with Gasteiger partial charge in [0.2, 0.25) is 0 Å². The summed E-state index contributed by atoms with van der Waals surface area (Å²) in [5.41, 5.74) is 1.12. The topological polar surface area (TPSA) is 71.3 Å². The number of rotatable bonds is 4. The van der Waals surface area contributed by atoms with Crippen LogP contribution >= 0.6 is 11.6 Å². The maximum atomic E-state index is 12.3. The van der Waals surface area contributed by atoms with Gasteiger partial charge >= 0.3 is 6.09 Å². The second-order valence-corrected chi connectivity index (χ2v) is 5.86. The van der Waals surface area contributed by atoms with Gasteiger partial charge in [-0.1, -0.05) is 47.1 Å². The highest BCUT2D eigenvalue weighted by molar-refractivity contribution is 6.20. The molecule has 7 heteroatoms. The lowest BCUT2D eigenvalue weighted by atomic mass is 9.91. The van der Waals surface area contributed by atoms with Crippen LogP contribution in [0.15, 0.2) is 40.5 Å². The Morgan fingerprint density at radius 2 is 1.78 bits per heavy atom. The van der Waals surface area contributed by atoms with Gasteiger partial charge in [-0.25, -0.2) is 4.79 Å². The molecule has 1 aromatic rings. The predicted molar refractivity (Wildman–Crippen MR) is 88.7 cm³/mol. The third kappa shape index (κ3) is 4.39. The van der Waals surface area contributed by atoms with Crippen LogP contribution in [0.5, 0.6) is 0 Å². The summed E-state index contributed by atoms with van der Waals surface area (Å²) in [7, 11) is 0. The van der Waals surface area contributed by atoms with Gasteiger partial charge in [-0.2, -0.15) is 10.2 Å². The molecule has 1 heterocycles. The Morgan fingerprint density at radius 3 is 2.30 bits per heavy atom. The minimum atomic E-state index is -0.772. The minimum Gasteiger partial charge on any atom is -0.427 e. The normalized spacial score (nSPS) is 16.4. The molecular weight excluding hydrogens is 318 g/mol. The first-order chi connectivity index (χ1) is 10.9. The highest BCUT2D eigenvalue weighted by Gasteiger charge is 2.28. The number of benzene rings is 1. The van der Waals surface area contributed by atoms with Crippen molar-refractivity contribution in [3.05, 3.63) is 35.9 Å². The number of hydrazone groups is 2. The molecule has 0 saturated carbocycles. The number of ketones is 1. The van der Waals surface area contributed by atoms with E-state index in [1.54, 1.807) is 26.0 Å². The number of ether oxygens (including phenoxy) is 1. The van der Waals surface area contributed by atoms with Crippen molar-refractivity contribution in [3.63, 3.8) is 0 Å². The summed E-state index contributed by atoms with van der Waals surface area (Å²) >= 11 is 5.62. The zero-order chi connectivity index (χ0) is 17.0. The summed E-state index contributed by atoms with van der Waals surface area (Å²) in [6.45, 7) is 5.04. The minimum absolute atomic E-state index is 0.00473. The molecule has 1 aliphatic heterocycles. The summed E-state index contributed by atoms with van der Waals surface area (Å²) in [5, 5.41) is 9.05. The molecule has 0 aromatic heterocycles. The second-order valence-electron chi connectivity index (χ2n) is 5.24. The van der Waals surface area contributed by atoms with Gasteiger partial charge < -0.3 is 4.74 Å². The molecule has 1 aliphatic rings. The molecular formula is C16H18ClN3O3. The van der Waals surface area contributed by atoms with E-state index in [9.17, 15) is 9.59 Å². The Balaban J connectivity index is 2.10. The average molecular weight is 336 g/mol. The first-order valence-electron chi connectivity index (χ1n) is 7.21. The van der Waals surface area contributed by atoms with E-state index < -0.39 is 11.7 Å². The van der Waals surface area contributed by atoms with E-state index in [0.29, 0.717) is 17.0 Å². The van der Waals surface area contributed by atoms with Crippen molar-refractivity contribution in [2.24, 2.45) is 16.1 Å². The molecule has 0 spiro atoms. The van der Waals surface area contributed by atoms with Gasteiger partial charge in [-0.3, -0.25) is 4.79 Å². The van der Waals surface area contributed by atoms with Gasteiger partial charge in [0.25, 0.3) is 0 Å². The van der Waals surface area contributed by atoms with Gasteiger partial charge in [0.15, 0.2) is 11.3 Å². The molecule has 0 radical (unpaired) electrons. The maximum Gasteiger partial charge on any atom is 0.453 e. The van der Waals surface area contributed by atoms with E-state index in [2.05, 4.69) is 10.2 Å². The molecule has 6 nitrogen and oxygen atoms in total. The third-order valence-electron chi connectivity index (χ3n) is 3.43. The van der Waals surface area contributed by atoms with Crippen molar-refractivity contribution >= 4 is 34.9 Å². The Hall–Kier alpha value is -2.21. The van der Waals surface area contributed by atoms with Crippen molar-refractivity contribution in [2.75, 3.05) is 0 Å². The van der Waals surface area contributed by atoms with E-state index in [1.165, 1.54) is 6.92 Å². The Bertz CT molecular complexity index is 636. The standard InChI is InChI=1S/C16H18ClN3O3/c1-10-14(9-15(21)13-7-5-4-6-8-13)11(2)19-20(18-10)16(22)23-12(3)17/h4-8,12,14H,9H2,1-3H3. The van der Waals surface area contributed by atoms with Crippen LogP contribution in [0, 0.1) is 5.92 Å². The quantitative estimate of drug-likeness (QED) is 0.622. The lowest BCUT2D eigenvalue weighted by Crippen LogP contribution is -2.35. The molecule has 1 atom stereocenters. The summed E-state index contributed by atoms with van der Waals surface area (Å²) in [6.07, 6.45) is -0.497. The van der Waals surface area contributed by atoms with E-state index in [4.69, 9.17) is 16.3 Å². The van der Waals surface area contributed by atoms with Crippen LogP contribution in [-0.2, 0) is 4.74 Å². The SMILES string of the molecule is CC1=NN(C(=O)OC(C)Cl)N=C(C)C1CC(=O)c1ccccc1. The molecule has 23 heavy (non-hydrogen) atoms. The molecule has 1 aromatic carbocycles. The maximum absolute atomic E-state index is 12.3. The number of amides is 1. The monoisotopic (exact) mass is 335 g/mol. The van der Waals surface area contributed by atoms with Crippen LogP contribution in [0.25, 0.3) is 0 Å². The molecule has 0 aliphatic carbocycles. The lowest BCUT2D eigenvalue weighted by molar-refractivity contribution is 0.0958. The second kappa shape index (κ2) is 7.37. The van der Waals surface area contributed by atoms with E-state index in [1.807, 2.05) is 18.2 Å². The van der Waals surface area contributed by atoms with Crippen LogP contribution in [0.1, 0.15) is 37.6 Å². The summed E-state index contributed by atoms with van der Waals surface area (Å²) in [6, 6.07) is 9.05. The average Bonchev–Trinajstić information content (AvgIpc) is 2.50. The molecule has 1 amide bonds. The molecule has 0 N–H and O–H groups in total. The van der Waals surface area contributed by atoms with Crippen molar-refractivity contribution in [1.29, 1.82) is 0 Å². The fourth-order valence-corrected chi connectivity index (χ4v) is 2.33. The van der Waals surface area contributed by atoms with E-state index >= 15 is 0 Å². The molecule has 1 unspecified atom stereocenters. The van der Waals surface area contributed by atoms with Gasteiger partial charge in [-0.05, 0) is 20.8 Å². The fraction of sp³-hybridized carbons (Fsp3) is 0.375. The summed E-state index contributed by atoms with van der Waals surface area (Å²) in [4.78, 5) is 24.1. The number of alkyl halides is 1. The van der Waals surface area contributed by atoms with Gasteiger partial charge in [0, 0.05) is 29.3 Å². The Kier molecular flexibility index (Phi) is 5.50. The molecule has 122 valence electrons. The first-order valence-corrected chi connectivity index (χ1v) is 7.65. The lowest BCUT2D eigenvalue weighted by Gasteiger charge is -2.24. The van der Waals surface area contributed by atoms with Crippen molar-refractivity contribution in [2.45, 2.75) is 32.8 Å². The highest BCUT2D eigenvalue weighted by atomic mass is 35.5. The number of halogens is 1. The molecule has 0 saturated heterocycles. The largest absolute Gasteiger partial charge is 0.453 e. The van der Waals surface area contributed by atoms with Crippen molar-refractivity contribution < 1.29 is 14.3 Å². The fourth-order valence-electron chi connectivity index (χ4n) is 2.25. The zero-order valence-electron chi connectivity index (χ0n) is 13.2. The van der Waals surface area contributed by atoms with Crippen LogP contribution in [-0.4, -0.2) is 34.0 Å². The van der Waals surface area contributed by atoms with Crippen molar-refractivity contribution in [1.82, 2.24) is 5.12 Å². The van der Waals surface area contributed by atoms with Crippen LogP contribution < -0.4 is 0 Å². The molecule has 0 fully saturated rings. The molecule has 2 rings (SSSR count). The Labute approximate surface area is 139 Å². The highest BCUT2D eigenvalue weighted by Crippen LogP contribution is 2.20. The van der Waals surface area contributed by atoms with E-state index in [0.717, 1.165) is 5.12 Å². The van der Waals surface area contributed by atoms with E-state index in [-0.39, 0.29) is 18.1 Å². The third-order valence-corrected chi connectivity index (χ3v) is 3.51. The number of hydrogen-bond acceptors (Lipinski definition) is 5. The predicted octanol–water partition coefficient (Wildman–Crippen LogP) is 3.66. The molecule has 0 bridgehead atoms. The van der Waals surface area contributed by atoms with Crippen LogP contribution in [0.2, 0.25) is 0 Å². The van der Waals surface area contributed by atoms with Gasteiger partial charge in [-0.15, -0.1) is 0 Å². The zero-order valence-corrected chi connectivity index (χ0v) is 13.9. The Morgan fingerprint density at radius 1 is 1.22 bits per heavy atom. The summed E-state index contributed by atoms with van der Waals surface area (Å²) in [5.74, 6) is -0.231. The van der Waals surface area contributed by atoms with Crippen molar-refractivity contribution in [3.8, 4) is 0 Å². The number of carbonyl (C=O) groups excluding carboxylic acids is 2. The number of hydrogen-bond donors (Lipinski definition) is 0. The van der Waals surface area contributed by atoms with Crippen LogP contribution in [0.3, 0.4) is 0 Å². The van der Waals surface area contributed by atoms with Crippen LogP contribution in [0.4, 0.5) is 4.79 Å². The first kappa shape index (κ1) is 17.1. The summed E-state index contributed by atoms with van der Waals surface area (Å²) < 4.78 is 4.84. The number of nitrogens with zero attached hydrogens (tertiary/aromatic N) is 3. The number of carbonyl (C=O) groups is 2. The van der Waals surface area contributed by atoms with Gasteiger partial charge in [0.05, 0.1) is 0 Å².